The Balaban J connectivity index is 0.00000176. The first-order chi connectivity index (χ1) is 12.9. The maximum atomic E-state index is 2.44. The smallest absolute Gasteiger partial charge is 0.0227 e. The number of hydrogen-bond donors (Lipinski definition) is 0. The second-order valence-corrected chi connectivity index (χ2v) is 9.18. The molecule has 0 fully saturated rings. The van der Waals surface area contributed by atoms with Gasteiger partial charge in [-0.2, -0.15) is 0 Å². The number of unbranched alkanes of at least 4 members (excludes halogenated alkanes) is 1. The molecule has 2 aromatic rings. The zero-order valence-corrected chi connectivity index (χ0v) is 18.7. The first-order valence-electron chi connectivity index (χ1n) is 10.9. The van der Waals surface area contributed by atoms with Gasteiger partial charge in [-0.3, -0.25) is 0 Å². The minimum absolute atomic E-state index is 0.398. The SMILES string of the molecule is CC.CC(C)(CCCCC(C)(C)Cc1ccccc1)CCc1ccccc1. The Labute approximate surface area is 169 Å². The van der Waals surface area contributed by atoms with Crippen molar-refractivity contribution in [3.05, 3.63) is 71.8 Å². The van der Waals surface area contributed by atoms with Crippen LogP contribution in [0, 0.1) is 10.8 Å². The highest BCUT2D eigenvalue weighted by Gasteiger charge is 2.20. The summed E-state index contributed by atoms with van der Waals surface area (Å²) in [5.74, 6) is 0. The molecule has 0 radical (unpaired) electrons. The van der Waals surface area contributed by atoms with Crippen LogP contribution in [0.15, 0.2) is 60.7 Å². The van der Waals surface area contributed by atoms with Crippen LogP contribution in [0.1, 0.15) is 84.8 Å². The molecule has 0 aromatic heterocycles. The maximum Gasteiger partial charge on any atom is -0.0227 e. The van der Waals surface area contributed by atoms with Crippen molar-refractivity contribution in [3.8, 4) is 0 Å². The largest absolute Gasteiger partial charge is 0.0683 e. The molecule has 0 saturated carbocycles. The van der Waals surface area contributed by atoms with Gasteiger partial charge in [-0.05, 0) is 54.1 Å². The number of hydrogen-bond acceptors (Lipinski definition) is 0. The lowest BCUT2D eigenvalue weighted by Gasteiger charge is -2.27. The molecule has 150 valence electrons. The van der Waals surface area contributed by atoms with E-state index >= 15 is 0 Å². The van der Waals surface area contributed by atoms with Crippen LogP contribution in [0.25, 0.3) is 0 Å². The normalized spacial score (nSPS) is 11.6. The average molecular weight is 367 g/mol. The summed E-state index contributed by atoms with van der Waals surface area (Å²) >= 11 is 0. The van der Waals surface area contributed by atoms with Gasteiger partial charge >= 0.3 is 0 Å². The molecule has 27 heavy (non-hydrogen) atoms. The van der Waals surface area contributed by atoms with E-state index in [1.54, 1.807) is 0 Å². The Morgan fingerprint density at radius 2 is 1.00 bits per heavy atom. The first-order valence-corrected chi connectivity index (χ1v) is 10.9. The van der Waals surface area contributed by atoms with Gasteiger partial charge in [0, 0.05) is 0 Å². The summed E-state index contributed by atoms with van der Waals surface area (Å²) in [7, 11) is 0. The molecule has 0 spiro atoms. The van der Waals surface area contributed by atoms with Crippen molar-refractivity contribution in [3.63, 3.8) is 0 Å². The van der Waals surface area contributed by atoms with E-state index in [1.165, 1.54) is 56.1 Å². The van der Waals surface area contributed by atoms with Crippen molar-refractivity contribution in [1.29, 1.82) is 0 Å². The van der Waals surface area contributed by atoms with Crippen molar-refractivity contribution in [1.82, 2.24) is 0 Å². The molecule has 0 unspecified atom stereocenters. The quantitative estimate of drug-likeness (QED) is 0.370. The number of rotatable bonds is 10. The second kappa shape index (κ2) is 12.0. The van der Waals surface area contributed by atoms with Gasteiger partial charge in [0.25, 0.3) is 0 Å². The Morgan fingerprint density at radius 1 is 0.556 bits per heavy atom. The predicted molar refractivity (Wildman–Crippen MR) is 122 cm³/mol. The van der Waals surface area contributed by atoms with Gasteiger partial charge in [-0.25, -0.2) is 0 Å². The highest BCUT2D eigenvalue weighted by atomic mass is 14.3. The second-order valence-electron chi connectivity index (χ2n) is 9.18. The molecule has 0 heterocycles. The molecule has 0 amide bonds. The van der Waals surface area contributed by atoms with Crippen LogP contribution in [0.4, 0.5) is 0 Å². The molecule has 0 N–H and O–H groups in total. The average Bonchev–Trinajstić information content (AvgIpc) is 2.67. The van der Waals surface area contributed by atoms with E-state index in [9.17, 15) is 0 Å². The van der Waals surface area contributed by atoms with E-state index in [0.29, 0.717) is 10.8 Å². The molecule has 0 saturated heterocycles. The highest BCUT2D eigenvalue weighted by Crippen LogP contribution is 2.32. The third-order valence-corrected chi connectivity index (χ3v) is 5.42. The zero-order chi connectivity index (χ0) is 20.2. The van der Waals surface area contributed by atoms with Gasteiger partial charge in [0.15, 0.2) is 0 Å². The summed E-state index contributed by atoms with van der Waals surface area (Å²) in [6, 6.07) is 21.8. The molecule has 0 nitrogen and oxygen atoms in total. The van der Waals surface area contributed by atoms with Crippen molar-refractivity contribution < 1.29 is 0 Å². The van der Waals surface area contributed by atoms with Crippen LogP contribution < -0.4 is 0 Å². The molecule has 0 atom stereocenters. The highest BCUT2D eigenvalue weighted by molar-refractivity contribution is 5.16. The number of aryl methyl sites for hydroxylation is 1. The van der Waals surface area contributed by atoms with Crippen LogP contribution in [-0.4, -0.2) is 0 Å². The Kier molecular flexibility index (Phi) is 10.4. The molecule has 0 aliphatic carbocycles. The van der Waals surface area contributed by atoms with Crippen molar-refractivity contribution in [2.45, 2.75) is 86.5 Å². The van der Waals surface area contributed by atoms with Gasteiger partial charge in [0.1, 0.15) is 0 Å². The topological polar surface area (TPSA) is 0 Å². The van der Waals surface area contributed by atoms with E-state index < -0.39 is 0 Å². The fourth-order valence-electron chi connectivity index (χ4n) is 3.70. The fraction of sp³-hybridized carbons (Fsp3) is 0.556. The zero-order valence-electron chi connectivity index (χ0n) is 18.7. The standard InChI is InChI=1S/C25H36.C2H6/c1-24(2,20-17-22-13-7-5-8-14-22)18-11-12-19-25(3,4)21-23-15-9-6-10-16-23;1-2/h5-10,13-16H,11-12,17-21H2,1-4H3;1-2H3. The molecule has 2 aromatic carbocycles. The maximum absolute atomic E-state index is 2.44. The van der Waals surface area contributed by atoms with E-state index in [1.807, 2.05) is 13.8 Å². The van der Waals surface area contributed by atoms with Gasteiger partial charge in [0.2, 0.25) is 0 Å². The lowest BCUT2D eigenvalue weighted by atomic mass is 9.78. The molecule has 0 aliphatic heterocycles. The van der Waals surface area contributed by atoms with Gasteiger partial charge in [-0.1, -0.05) is 115 Å². The van der Waals surface area contributed by atoms with Crippen LogP contribution >= 0.6 is 0 Å². The summed E-state index contributed by atoms with van der Waals surface area (Å²) in [6.07, 6.45) is 9.01. The number of benzene rings is 2. The Morgan fingerprint density at radius 3 is 1.52 bits per heavy atom. The molecule has 0 heteroatoms. The van der Waals surface area contributed by atoms with Crippen molar-refractivity contribution in [2.24, 2.45) is 10.8 Å². The molecule has 0 aliphatic rings. The van der Waals surface area contributed by atoms with Crippen LogP contribution in [-0.2, 0) is 12.8 Å². The third kappa shape index (κ3) is 10.4. The molecule has 0 bridgehead atoms. The van der Waals surface area contributed by atoms with E-state index in [2.05, 4.69) is 88.4 Å². The molecular formula is C27H42. The lowest BCUT2D eigenvalue weighted by Crippen LogP contribution is -2.16. The molecular weight excluding hydrogens is 324 g/mol. The predicted octanol–water partition coefficient (Wildman–Crippen LogP) is 8.50. The monoisotopic (exact) mass is 366 g/mol. The fourth-order valence-corrected chi connectivity index (χ4v) is 3.70. The Bertz CT molecular complexity index is 592. The van der Waals surface area contributed by atoms with E-state index in [-0.39, 0.29) is 0 Å². The van der Waals surface area contributed by atoms with Gasteiger partial charge < -0.3 is 0 Å². The summed E-state index contributed by atoms with van der Waals surface area (Å²) in [4.78, 5) is 0. The van der Waals surface area contributed by atoms with Crippen molar-refractivity contribution in [2.75, 3.05) is 0 Å². The summed E-state index contributed by atoms with van der Waals surface area (Å²) in [6.45, 7) is 13.7. The summed E-state index contributed by atoms with van der Waals surface area (Å²) < 4.78 is 0. The first kappa shape index (κ1) is 23.5. The van der Waals surface area contributed by atoms with Gasteiger partial charge in [-0.15, -0.1) is 0 Å². The third-order valence-electron chi connectivity index (χ3n) is 5.42. The minimum Gasteiger partial charge on any atom is -0.0683 e. The van der Waals surface area contributed by atoms with E-state index in [0.717, 1.165) is 0 Å². The Hall–Kier alpha value is -1.56. The van der Waals surface area contributed by atoms with Crippen LogP contribution in [0.2, 0.25) is 0 Å². The van der Waals surface area contributed by atoms with Crippen LogP contribution in [0.5, 0.6) is 0 Å². The lowest BCUT2D eigenvalue weighted by molar-refractivity contribution is 0.270. The van der Waals surface area contributed by atoms with Crippen molar-refractivity contribution >= 4 is 0 Å². The van der Waals surface area contributed by atoms with Gasteiger partial charge in [0.05, 0.1) is 0 Å². The van der Waals surface area contributed by atoms with E-state index in [4.69, 9.17) is 0 Å². The molecule has 2 rings (SSSR count). The van der Waals surface area contributed by atoms with Crippen LogP contribution in [0.3, 0.4) is 0 Å². The minimum atomic E-state index is 0.398. The summed E-state index contributed by atoms with van der Waals surface area (Å²) in [5.41, 5.74) is 3.78. The summed E-state index contributed by atoms with van der Waals surface area (Å²) in [5, 5.41) is 0.